The molecule has 0 atom stereocenters. The maximum Gasteiger partial charge on any atom is 0.416 e. The summed E-state index contributed by atoms with van der Waals surface area (Å²) in [7, 11) is 0. The molecule has 8 heteroatoms. The minimum Gasteiger partial charge on any atom is -0.308 e. The second-order valence-corrected chi connectivity index (χ2v) is 7.68. The predicted molar refractivity (Wildman–Crippen MR) is 119 cm³/mol. The van der Waals surface area contributed by atoms with E-state index in [4.69, 9.17) is 0 Å². The van der Waals surface area contributed by atoms with E-state index < -0.39 is 11.7 Å². The molecule has 33 heavy (non-hydrogen) atoms. The van der Waals surface area contributed by atoms with Gasteiger partial charge in [0.25, 0.3) is 0 Å². The quantitative estimate of drug-likeness (QED) is 0.329. The number of para-hydroxylation sites is 1. The largest absolute Gasteiger partial charge is 0.416 e. The topological polar surface area (TPSA) is 67.4 Å². The van der Waals surface area contributed by atoms with Crippen molar-refractivity contribution in [3.63, 3.8) is 0 Å². The summed E-state index contributed by atoms with van der Waals surface area (Å²) in [4.78, 5) is 13.0. The van der Waals surface area contributed by atoms with Gasteiger partial charge in [-0.3, -0.25) is 0 Å². The van der Waals surface area contributed by atoms with Crippen LogP contribution in [0.1, 0.15) is 22.8 Å². The molecule has 0 spiro atoms. The van der Waals surface area contributed by atoms with Crippen LogP contribution in [0.15, 0.2) is 60.7 Å². The number of aryl methyl sites for hydroxylation is 2. The van der Waals surface area contributed by atoms with E-state index in [1.165, 1.54) is 6.07 Å². The summed E-state index contributed by atoms with van der Waals surface area (Å²) in [6.07, 6.45) is -4.49. The fraction of sp³-hybridized carbons (Fsp3) is 0.120. The molecule has 0 amide bonds. The van der Waals surface area contributed by atoms with Gasteiger partial charge in [0.05, 0.1) is 27.8 Å². The van der Waals surface area contributed by atoms with E-state index in [-0.39, 0.29) is 0 Å². The number of benzene rings is 3. The molecular formula is C25H16F3N5. The summed E-state index contributed by atoms with van der Waals surface area (Å²) >= 11 is 0. The molecule has 3 aromatic carbocycles. The average molecular weight is 443 g/mol. The zero-order valence-corrected chi connectivity index (χ0v) is 17.6. The van der Waals surface area contributed by atoms with Crippen molar-refractivity contribution in [3.8, 4) is 23.1 Å². The molecule has 5 aromatic rings. The van der Waals surface area contributed by atoms with E-state index >= 15 is 0 Å². The van der Waals surface area contributed by atoms with Crippen molar-refractivity contribution in [1.29, 1.82) is 5.26 Å². The number of hydrogen-bond donors (Lipinski definition) is 0. The highest BCUT2D eigenvalue weighted by Gasteiger charge is 2.31. The Balaban J connectivity index is 1.87. The number of halogens is 3. The number of fused-ring (bicyclic) bond motifs is 3. The lowest BCUT2D eigenvalue weighted by Crippen LogP contribution is -2.05. The highest BCUT2D eigenvalue weighted by molar-refractivity contribution is 6.09. The van der Waals surface area contributed by atoms with Crippen LogP contribution in [0.5, 0.6) is 0 Å². The van der Waals surface area contributed by atoms with Crippen molar-refractivity contribution in [2.75, 3.05) is 0 Å². The second kappa shape index (κ2) is 7.41. The van der Waals surface area contributed by atoms with Gasteiger partial charge < -0.3 is 4.57 Å². The Bertz CT molecular complexity index is 1570. The van der Waals surface area contributed by atoms with E-state index in [0.29, 0.717) is 50.7 Å². The second-order valence-electron chi connectivity index (χ2n) is 7.68. The van der Waals surface area contributed by atoms with Crippen LogP contribution in [0.2, 0.25) is 0 Å². The molecule has 0 radical (unpaired) electrons. The molecule has 0 N–H and O–H groups in total. The van der Waals surface area contributed by atoms with Gasteiger partial charge >= 0.3 is 6.18 Å². The minimum atomic E-state index is -4.49. The van der Waals surface area contributed by atoms with Gasteiger partial charge in [0.1, 0.15) is 17.7 Å². The molecule has 0 bridgehead atoms. The van der Waals surface area contributed by atoms with E-state index in [9.17, 15) is 18.4 Å². The van der Waals surface area contributed by atoms with Crippen LogP contribution in [0.25, 0.3) is 38.9 Å². The Labute approximate surface area is 186 Å². The van der Waals surface area contributed by atoms with Gasteiger partial charge in [0, 0.05) is 16.3 Å². The van der Waals surface area contributed by atoms with Gasteiger partial charge in [0.15, 0.2) is 5.82 Å². The lowest BCUT2D eigenvalue weighted by atomic mass is 10.1. The van der Waals surface area contributed by atoms with Gasteiger partial charge in [-0.15, -0.1) is 0 Å². The molecule has 5 rings (SSSR count). The number of alkyl halides is 3. The molecule has 2 aromatic heterocycles. The lowest BCUT2D eigenvalue weighted by Gasteiger charge is -2.13. The fourth-order valence-electron chi connectivity index (χ4n) is 4.10. The summed E-state index contributed by atoms with van der Waals surface area (Å²) in [6, 6.07) is 18.3. The van der Waals surface area contributed by atoms with Crippen LogP contribution in [0, 0.1) is 25.2 Å². The lowest BCUT2D eigenvalue weighted by molar-refractivity contribution is -0.137. The summed E-state index contributed by atoms with van der Waals surface area (Å²) in [5.41, 5.74) is 1.72. The highest BCUT2D eigenvalue weighted by Crippen LogP contribution is 2.38. The number of aromatic nitrogens is 4. The van der Waals surface area contributed by atoms with Crippen LogP contribution >= 0.6 is 0 Å². The Morgan fingerprint density at radius 2 is 1.52 bits per heavy atom. The SMILES string of the molecule is Cc1nc(C)nc(-c2ccc(C#N)c(-n3c4ccccc4c4ccc(C(F)(F)F)cc43)c2)n1. The Morgan fingerprint density at radius 1 is 0.818 bits per heavy atom. The monoisotopic (exact) mass is 443 g/mol. The first-order valence-electron chi connectivity index (χ1n) is 10.1. The summed E-state index contributed by atoms with van der Waals surface area (Å²) in [6.45, 7) is 3.52. The molecule has 0 aliphatic rings. The molecule has 0 aliphatic carbocycles. The van der Waals surface area contributed by atoms with Crippen LogP contribution in [0.3, 0.4) is 0 Å². The highest BCUT2D eigenvalue weighted by atomic mass is 19.4. The number of rotatable bonds is 2. The number of nitriles is 1. The Morgan fingerprint density at radius 3 is 2.21 bits per heavy atom. The predicted octanol–water partition coefficient (Wildman–Crippen LogP) is 6.14. The molecule has 0 fully saturated rings. The van der Waals surface area contributed by atoms with Gasteiger partial charge in [0.2, 0.25) is 0 Å². The molecule has 0 saturated heterocycles. The van der Waals surface area contributed by atoms with Crippen molar-refractivity contribution in [1.82, 2.24) is 19.5 Å². The smallest absolute Gasteiger partial charge is 0.308 e. The standard InChI is InChI=1S/C25H16F3N5/c1-14-30-15(2)32-24(31-14)16-7-8-17(13-29)22(11-16)33-21-6-4-3-5-19(21)20-10-9-18(12-23(20)33)25(26,27)28/h3-12H,1-2H3. The third-order valence-corrected chi connectivity index (χ3v) is 5.48. The maximum atomic E-state index is 13.5. The first kappa shape index (κ1) is 20.6. The molecule has 0 unspecified atom stereocenters. The van der Waals surface area contributed by atoms with Gasteiger partial charge in [-0.2, -0.15) is 18.4 Å². The van der Waals surface area contributed by atoms with Crippen LogP contribution in [0.4, 0.5) is 13.2 Å². The molecule has 5 nitrogen and oxygen atoms in total. The third-order valence-electron chi connectivity index (χ3n) is 5.48. The van der Waals surface area contributed by atoms with Gasteiger partial charge in [-0.05, 0) is 50.2 Å². The summed E-state index contributed by atoms with van der Waals surface area (Å²) in [5.74, 6) is 1.53. The molecule has 0 aliphatic heterocycles. The zero-order valence-electron chi connectivity index (χ0n) is 17.6. The Kier molecular flexibility index (Phi) is 4.64. The summed E-state index contributed by atoms with van der Waals surface area (Å²) < 4.78 is 42.3. The van der Waals surface area contributed by atoms with Crippen molar-refractivity contribution in [3.05, 3.63) is 83.4 Å². The minimum absolute atomic E-state index is 0.321. The molecule has 0 saturated carbocycles. The van der Waals surface area contributed by atoms with E-state index in [0.717, 1.165) is 17.5 Å². The van der Waals surface area contributed by atoms with E-state index in [2.05, 4.69) is 21.0 Å². The van der Waals surface area contributed by atoms with Crippen molar-refractivity contribution >= 4 is 21.8 Å². The molecular weight excluding hydrogens is 427 g/mol. The van der Waals surface area contributed by atoms with Crippen LogP contribution in [-0.4, -0.2) is 19.5 Å². The maximum absolute atomic E-state index is 13.5. The van der Waals surface area contributed by atoms with Crippen LogP contribution in [-0.2, 0) is 6.18 Å². The van der Waals surface area contributed by atoms with E-state index in [1.54, 1.807) is 36.6 Å². The first-order chi connectivity index (χ1) is 15.8. The fourth-order valence-corrected chi connectivity index (χ4v) is 4.10. The normalized spacial score (nSPS) is 11.8. The number of nitrogens with zero attached hydrogens (tertiary/aromatic N) is 5. The van der Waals surface area contributed by atoms with Gasteiger partial charge in [-0.1, -0.05) is 24.3 Å². The average Bonchev–Trinajstić information content (AvgIpc) is 3.11. The first-order valence-corrected chi connectivity index (χ1v) is 10.1. The number of hydrogen-bond acceptors (Lipinski definition) is 4. The van der Waals surface area contributed by atoms with Crippen molar-refractivity contribution in [2.45, 2.75) is 20.0 Å². The molecule has 162 valence electrons. The van der Waals surface area contributed by atoms with Gasteiger partial charge in [-0.25, -0.2) is 15.0 Å². The van der Waals surface area contributed by atoms with E-state index in [1.807, 2.05) is 24.3 Å². The van der Waals surface area contributed by atoms with Crippen molar-refractivity contribution in [2.24, 2.45) is 0 Å². The Hall–Kier alpha value is -4.25. The molecule has 2 heterocycles. The van der Waals surface area contributed by atoms with Crippen molar-refractivity contribution < 1.29 is 13.2 Å². The zero-order chi connectivity index (χ0) is 23.3. The summed E-state index contributed by atoms with van der Waals surface area (Å²) in [5, 5.41) is 11.3. The van der Waals surface area contributed by atoms with Crippen LogP contribution < -0.4 is 0 Å². The third kappa shape index (κ3) is 3.48.